The molecule has 37 heavy (non-hydrogen) atoms. The Morgan fingerprint density at radius 3 is 2.32 bits per heavy atom. The quantitative estimate of drug-likeness (QED) is 0.429. The van der Waals surface area contributed by atoms with Crippen LogP contribution in [0.2, 0.25) is 0 Å². The largest absolute Gasteiger partial charge is 0.481 e. The highest BCUT2D eigenvalue weighted by molar-refractivity contribution is 9.10. The van der Waals surface area contributed by atoms with Crippen molar-refractivity contribution in [3.63, 3.8) is 0 Å². The Bertz CT molecular complexity index is 1260. The maximum atomic E-state index is 14.1. The van der Waals surface area contributed by atoms with E-state index in [4.69, 9.17) is 4.52 Å². The lowest BCUT2D eigenvalue weighted by molar-refractivity contribution is -0.256. The molecule has 198 valence electrons. The highest BCUT2D eigenvalue weighted by Crippen LogP contribution is 2.77. The van der Waals surface area contributed by atoms with E-state index in [0.29, 0.717) is 25.2 Å². The van der Waals surface area contributed by atoms with E-state index in [-0.39, 0.29) is 22.7 Å². The van der Waals surface area contributed by atoms with Crippen molar-refractivity contribution in [3.05, 3.63) is 40.5 Å². The minimum absolute atomic E-state index is 0.0194. The molecule has 0 saturated heterocycles. The predicted octanol–water partition coefficient (Wildman–Crippen LogP) is 6.07. The summed E-state index contributed by atoms with van der Waals surface area (Å²) in [5.41, 5.74) is -1.03. The Hall–Kier alpha value is -2.36. The Morgan fingerprint density at radius 2 is 1.81 bits per heavy atom. The van der Waals surface area contributed by atoms with Crippen molar-refractivity contribution in [3.8, 4) is 0 Å². The first-order valence-corrected chi connectivity index (χ1v) is 13.7. The second-order valence-corrected chi connectivity index (χ2v) is 13.1. The van der Waals surface area contributed by atoms with Crippen molar-refractivity contribution in [2.24, 2.45) is 22.2 Å². The molecule has 4 bridgehead atoms. The molecule has 7 nitrogen and oxygen atoms in total. The summed E-state index contributed by atoms with van der Waals surface area (Å²) in [7, 11) is 0. The molecular weight excluding hydrogens is 548 g/mol. The third kappa shape index (κ3) is 3.46. The fourth-order valence-corrected chi connectivity index (χ4v) is 7.99. The number of hydrogen-bond acceptors (Lipinski definition) is 5. The highest BCUT2D eigenvalue weighted by atomic mass is 79.9. The summed E-state index contributed by atoms with van der Waals surface area (Å²) in [5, 5.41) is 13.7. The van der Waals surface area contributed by atoms with Gasteiger partial charge in [-0.25, -0.2) is 0 Å². The number of carbonyl (C=O) groups excluding carboxylic acids is 1. The molecule has 1 atom stereocenters. The van der Waals surface area contributed by atoms with Crippen LogP contribution in [-0.2, 0) is 20.9 Å². The zero-order chi connectivity index (χ0) is 26.4. The van der Waals surface area contributed by atoms with E-state index in [1.165, 1.54) is 0 Å². The summed E-state index contributed by atoms with van der Waals surface area (Å²) in [6, 6.07) is 7.71. The first-order valence-electron chi connectivity index (χ1n) is 12.9. The van der Waals surface area contributed by atoms with Gasteiger partial charge in [0.2, 0.25) is 5.91 Å². The monoisotopic (exact) mass is 577 g/mol. The van der Waals surface area contributed by atoms with Gasteiger partial charge in [0, 0.05) is 29.0 Å². The number of carboxylic acid groups (broad SMARTS) is 1. The van der Waals surface area contributed by atoms with E-state index < -0.39 is 28.6 Å². The molecular formula is C27H30BrF2N3O4. The van der Waals surface area contributed by atoms with Gasteiger partial charge in [-0.05, 0) is 80.9 Å². The van der Waals surface area contributed by atoms with Crippen LogP contribution in [0.1, 0.15) is 76.9 Å². The Kier molecular flexibility index (Phi) is 5.28. The van der Waals surface area contributed by atoms with E-state index in [1.54, 1.807) is 0 Å². The standard InChI is InChI=1S/C27H30BrF2N3O4/c1-16-26(13-27(16,14-26)22(35)36)21(34)33(18-5-3-4-17(28)12-18)15-24-6-9-25(10-7-24,11-8-24)19-31-20(37-32-19)23(2,29)30/h3-5,12,16H,6-11,13-15H2,1-2H3,(H,35,36). The summed E-state index contributed by atoms with van der Waals surface area (Å²) in [6.07, 6.45) is 5.56. The lowest BCUT2D eigenvalue weighted by Gasteiger charge is -2.72. The average Bonchev–Trinajstić information content (AvgIpc) is 3.35. The van der Waals surface area contributed by atoms with Crippen LogP contribution in [0.3, 0.4) is 0 Å². The van der Waals surface area contributed by atoms with Gasteiger partial charge < -0.3 is 14.5 Å². The molecule has 1 heterocycles. The minimum atomic E-state index is -3.17. The van der Waals surface area contributed by atoms with Gasteiger partial charge >= 0.3 is 11.9 Å². The van der Waals surface area contributed by atoms with Crippen LogP contribution < -0.4 is 4.90 Å². The zero-order valence-electron chi connectivity index (χ0n) is 20.9. The first kappa shape index (κ1) is 24.9. The summed E-state index contributed by atoms with van der Waals surface area (Å²) >= 11 is 3.53. The lowest BCUT2D eigenvalue weighted by Crippen LogP contribution is -2.77. The molecule has 1 aromatic carbocycles. The number of aliphatic carboxylic acids is 1. The maximum absolute atomic E-state index is 14.1. The number of halogens is 3. The van der Waals surface area contributed by atoms with E-state index in [1.807, 2.05) is 36.1 Å². The molecule has 0 spiro atoms. The molecule has 6 aliphatic rings. The number of aromatic nitrogens is 2. The van der Waals surface area contributed by atoms with Crippen LogP contribution in [-0.4, -0.2) is 33.7 Å². The van der Waals surface area contributed by atoms with Gasteiger partial charge in [0.1, 0.15) is 0 Å². The van der Waals surface area contributed by atoms with Crippen LogP contribution >= 0.6 is 15.9 Å². The number of rotatable bonds is 7. The van der Waals surface area contributed by atoms with Gasteiger partial charge in [0.25, 0.3) is 5.89 Å². The fraction of sp³-hybridized carbons (Fsp3) is 0.630. The molecule has 1 amide bonds. The Labute approximate surface area is 222 Å². The molecule has 2 aromatic rings. The van der Waals surface area contributed by atoms with Crippen molar-refractivity contribution < 1.29 is 28.0 Å². The van der Waals surface area contributed by atoms with E-state index in [0.717, 1.165) is 55.6 Å². The van der Waals surface area contributed by atoms with Crippen LogP contribution in [0.5, 0.6) is 0 Å². The Morgan fingerprint density at radius 1 is 1.16 bits per heavy atom. The molecule has 0 aliphatic heterocycles. The Balaban J connectivity index is 1.24. The van der Waals surface area contributed by atoms with Gasteiger partial charge in [-0.3, -0.25) is 9.59 Å². The first-order chi connectivity index (χ1) is 17.3. The van der Waals surface area contributed by atoms with Crippen molar-refractivity contribution in [1.82, 2.24) is 10.1 Å². The van der Waals surface area contributed by atoms with Gasteiger partial charge in [-0.1, -0.05) is 34.1 Å². The van der Waals surface area contributed by atoms with Crippen LogP contribution in [0, 0.1) is 22.2 Å². The lowest BCUT2D eigenvalue weighted by atomic mass is 9.29. The van der Waals surface area contributed by atoms with E-state index in [2.05, 4.69) is 26.1 Å². The summed E-state index contributed by atoms with van der Waals surface area (Å²) < 4.78 is 33.2. The third-order valence-electron chi connectivity index (χ3n) is 10.3. The smallest absolute Gasteiger partial charge is 0.322 e. The van der Waals surface area contributed by atoms with Crippen molar-refractivity contribution in [2.75, 3.05) is 11.4 Å². The minimum Gasteiger partial charge on any atom is -0.481 e. The van der Waals surface area contributed by atoms with Gasteiger partial charge in [-0.2, -0.15) is 13.8 Å². The van der Waals surface area contributed by atoms with Gasteiger partial charge in [0.05, 0.1) is 10.8 Å². The second-order valence-electron chi connectivity index (χ2n) is 12.2. The van der Waals surface area contributed by atoms with Crippen LogP contribution in [0.15, 0.2) is 33.3 Å². The molecule has 1 aromatic heterocycles. The van der Waals surface area contributed by atoms with Crippen molar-refractivity contribution >= 4 is 33.5 Å². The molecule has 1 N–H and O–H groups in total. The number of fused-ring (bicyclic) bond motifs is 3. The number of anilines is 1. The fourth-order valence-electron chi connectivity index (χ4n) is 7.61. The molecule has 6 saturated carbocycles. The summed E-state index contributed by atoms with van der Waals surface area (Å²) in [4.78, 5) is 31.9. The maximum Gasteiger partial charge on any atom is 0.322 e. The summed E-state index contributed by atoms with van der Waals surface area (Å²) in [6.45, 7) is 3.20. The number of alkyl halides is 2. The number of amides is 1. The zero-order valence-corrected chi connectivity index (χ0v) is 22.5. The molecule has 8 rings (SSSR count). The average molecular weight is 578 g/mol. The van der Waals surface area contributed by atoms with Crippen molar-refractivity contribution in [2.45, 2.75) is 76.6 Å². The van der Waals surface area contributed by atoms with Crippen LogP contribution in [0.25, 0.3) is 0 Å². The SMILES string of the molecule is CC1C2(C(=O)O)CC1(C(=O)N(CC13CCC(c4noc(C(C)(F)F)n4)(CC1)CC3)c1cccc(Br)c1)C2. The van der Waals surface area contributed by atoms with E-state index in [9.17, 15) is 23.5 Å². The molecule has 0 radical (unpaired) electrons. The third-order valence-corrected chi connectivity index (χ3v) is 10.8. The number of hydrogen-bond donors (Lipinski definition) is 1. The molecule has 10 heteroatoms. The van der Waals surface area contributed by atoms with Gasteiger partial charge in [-0.15, -0.1) is 0 Å². The number of nitrogens with zero attached hydrogens (tertiary/aromatic N) is 3. The van der Waals surface area contributed by atoms with Gasteiger partial charge in [0.15, 0.2) is 5.82 Å². The van der Waals surface area contributed by atoms with E-state index >= 15 is 0 Å². The van der Waals surface area contributed by atoms with Crippen LogP contribution in [0.4, 0.5) is 14.5 Å². The molecule has 6 aliphatic carbocycles. The normalized spacial score (nSPS) is 36.0. The predicted molar refractivity (Wildman–Crippen MR) is 133 cm³/mol. The molecule has 1 unspecified atom stereocenters. The number of carbonyl (C=O) groups is 2. The summed E-state index contributed by atoms with van der Waals surface area (Å²) in [5.74, 6) is -4.41. The number of carboxylic acids is 1. The second kappa shape index (κ2) is 7.83. The number of benzene rings is 1. The van der Waals surface area contributed by atoms with Crippen molar-refractivity contribution in [1.29, 1.82) is 0 Å². The molecule has 6 fully saturated rings. The highest BCUT2D eigenvalue weighted by Gasteiger charge is 2.81. The topological polar surface area (TPSA) is 96.5 Å².